The van der Waals surface area contributed by atoms with Crippen molar-refractivity contribution in [1.29, 1.82) is 5.26 Å². The topological polar surface area (TPSA) is 91.2 Å². The number of ether oxygens (including phenoxy) is 1. The van der Waals surface area contributed by atoms with Gasteiger partial charge >= 0.3 is 0 Å². The number of hydrogen-bond acceptors (Lipinski definition) is 5. The Morgan fingerprint density at radius 3 is 2.83 bits per heavy atom. The van der Waals surface area contributed by atoms with E-state index in [9.17, 15) is 14.9 Å². The second-order valence-electron chi connectivity index (χ2n) is 6.61. The average Bonchev–Trinajstić information content (AvgIpc) is 2.71. The summed E-state index contributed by atoms with van der Waals surface area (Å²) in [6.45, 7) is 1.95. The van der Waals surface area contributed by atoms with Crippen molar-refractivity contribution in [3.8, 4) is 11.8 Å². The summed E-state index contributed by atoms with van der Waals surface area (Å²) in [6.07, 6.45) is 0.156. The van der Waals surface area contributed by atoms with Gasteiger partial charge in [0, 0.05) is 23.6 Å². The summed E-state index contributed by atoms with van der Waals surface area (Å²) in [6, 6.07) is 17.1. The lowest BCUT2D eigenvalue weighted by molar-refractivity contribution is -0.121. The Kier molecular flexibility index (Phi) is 6.57. The summed E-state index contributed by atoms with van der Waals surface area (Å²) >= 11 is 1.15. The zero-order chi connectivity index (χ0) is 20.8. The Morgan fingerprint density at radius 2 is 2.10 bits per heavy atom. The molecule has 0 unspecified atom stereocenters. The van der Waals surface area contributed by atoms with Crippen molar-refractivity contribution >= 4 is 29.3 Å². The maximum Gasteiger partial charge on any atom is 0.234 e. The number of para-hydroxylation sites is 1. The first-order valence-electron chi connectivity index (χ1n) is 9.08. The molecule has 0 saturated carbocycles. The number of benzene rings is 2. The quantitative estimate of drug-likeness (QED) is 0.762. The van der Waals surface area contributed by atoms with E-state index in [1.54, 1.807) is 13.2 Å². The number of carbonyl (C=O) groups excluding carboxylic acids is 2. The van der Waals surface area contributed by atoms with Crippen LogP contribution in [0.4, 0.5) is 5.69 Å². The molecule has 148 valence electrons. The van der Waals surface area contributed by atoms with Gasteiger partial charge in [-0.05, 0) is 30.7 Å². The Hall–Kier alpha value is -3.24. The fourth-order valence-electron chi connectivity index (χ4n) is 3.21. The second-order valence-corrected chi connectivity index (χ2v) is 7.59. The monoisotopic (exact) mass is 407 g/mol. The van der Waals surface area contributed by atoms with Crippen LogP contribution in [0.15, 0.2) is 59.1 Å². The molecular weight excluding hydrogens is 386 g/mol. The van der Waals surface area contributed by atoms with Crippen molar-refractivity contribution < 1.29 is 14.3 Å². The number of carbonyl (C=O) groups is 2. The second kappa shape index (κ2) is 9.30. The molecule has 0 aromatic heterocycles. The van der Waals surface area contributed by atoms with Crippen LogP contribution in [0.2, 0.25) is 0 Å². The molecule has 1 atom stereocenters. The van der Waals surface area contributed by atoms with Gasteiger partial charge in [-0.25, -0.2) is 0 Å². The van der Waals surface area contributed by atoms with Crippen LogP contribution in [0.25, 0.3) is 0 Å². The highest BCUT2D eigenvalue weighted by Gasteiger charge is 2.31. The highest BCUT2D eigenvalue weighted by atomic mass is 32.2. The number of nitrogens with zero attached hydrogens (tertiary/aromatic N) is 1. The van der Waals surface area contributed by atoms with Crippen LogP contribution >= 0.6 is 11.8 Å². The number of anilines is 1. The molecule has 2 N–H and O–H groups in total. The van der Waals surface area contributed by atoms with Gasteiger partial charge in [0.2, 0.25) is 11.8 Å². The van der Waals surface area contributed by atoms with Gasteiger partial charge in [0.1, 0.15) is 5.75 Å². The summed E-state index contributed by atoms with van der Waals surface area (Å²) in [7, 11) is 1.56. The first-order chi connectivity index (χ1) is 14.0. The fourth-order valence-corrected chi connectivity index (χ4v) is 4.09. The van der Waals surface area contributed by atoms with Crippen molar-refractivity contribution in [3.05, 3.63) is 70.3 Å². The smallest absolute Gasteiger partial charge is 0.234 e. The molecule has 2 aromatic carbocycles. The summed E-state index contributed by atoms with van der Waals surface area (Å²) < 4.78 is 5.40. The molecule has 1 heterocycles. The van der Waals surface area contributed by atoms with Gasteiger partial charge < -0.3 is 15.4 Å². The molecule has 0 radical (unpaired) electrons. The largest absolute Gasteiger partial charge is 0.496 e. The zero-order valence-electron chi connectivity index (χ0n) is 16.2. The SMILES string of the molecule is COc1ccccc1[C@H]1CC(=O)NC(SCC(=O)Nc2cccc(C)c2)=C1C#N. The van der Waals surface area contributed by atoms with Gasteiger partial charge in [0.05, 0.1) is 29.5 Å². The minimum absolute atomic E-state index is 0.0768. The number of rotatable bonds is 6. The van der Waals surface area contributed by atoms with E-state index in [1.165, 1.54) is 0 Å². The summed E-state index contributed by atoms with van der Waals surface area (Å²) in [4.78, 5) is 24.6. The maximum absolute atomic E-state index is 12.3. The number of allylic oxidation sites excluding steroid dienone is 1. The zero-order valence-corrected chi connectivity index (χ0v) is 17.0. The highest BCUT2D eigenvalue weighted by Crippen LogP contribution is 2.39. The third-order valence-electron chi connectivity index (χ3n) is 4.52. The standard InChI is InChI=1S/C22H21N3O3S/c1-14-6-5-7-15(10-14)24-21(27)13-29-22-18(12-23)17(11-20(26)25-22)16-8-3-4-9-19(16)28-2/h3-10,17H,11,13H2,1-2H3,(H,24,27)(H,25,26)/t17-/m1/s1. The van der Waals surface area contributed by atoms with Gasteiger partial charge in [-0.2, -0.15) is 5.26 Å². The van der Waals surface area contributed by atoms with Gasteiger partial charge in [0.25, 0.3) is 0 Å². The molecule has 29 heavy (non-hydrogen) atoms. The summed E-state index contributed by atoms with van der Waals surface area (Å²) in [5.74, 6) is -0.109. The Balaban J connectivity index is 1.79. The lowest BCUT2D eigenvalue weighted by Gasteiger charge is -2.26. The average molecular weight is 407 g/mol. The highest BCUT2D eigenvalue weighted by molar-refractivity contribution is 8.03. The molecule has 1 aliphatic heterocycles. The normalized spacial score (nSPS) is 16.0. The molecule has 3 rings (SSSR count). The van der Waals surface area contributed by atoms with Crippen LogP contribution in [0.5, 0.6) is 5.75 Å². The number of amides is 2. The van der Waals surface area contributed by atoms with Crippen molar-refractivity contribution in [2.24, 2.45) is 0 Å². The predicted molar refractivity (Wildman–Crippen MR) is 113 cm³/mol. The molecule has 0 aliphatic carbocycles. The lowest BCUT2D eigenvalue weighted by atomic mass is 9.86. The number of nitrogens with one attached hydrogen (secondary N) is 2. The number of hydrogen-bond donors (Lipinski definition) is 2. The van der Waals surface area contributed by atoms with Crippen molar-refractivity contribution in [3.63, 3.8) is 0 Å². The van der Waals surface area contributed by atoms with Crippen LogP contribution in [0.3, 0.4) is 0 Å². The molecule has 0 bridgehead atoms. The molecule has 2 aromatic rings. The van der Waals surface area contributed by atoms with Gasteiger partial charge in [-0.3, -0.25) is 9.59 Å². The Labute approximate surface area is 173 Å². The number of methoxy groups -OCH3 is 1. The molecule has 6 nitrogen and oxygen atoms in total. The third-order valence-corrected chi connectivity index (χ3v) is 5.54. The van der Waals surface area contributed by atoms with E-state index in [2.05, 4.69) is 16.7 Å². The van der Waals surface area contributed by atoms with Crippen molar-refractivity contribution in [2.45, 2.75) is 19.3 Å². The van der Waals surface area contributed by atoms with Crippen LogP contribution in [0, 0.1) is 18.3 Å². The van der Waals surface area contributed by atoms with Crippen LogP contribution < -0.4 is 15.4 Å². The molecule has 0 saturated heterocycles. The van der Waals surface area contributed by atoms with Gasteiger partial charge in [-0.1, -0.05) is 42.1 Å². The lowest BCUT2D eigenvalue weighted by Crippen LogP contribution is -2.31. The first kappa shape index (κ1) is 20.5. The molecule has 0 spiro atoms. The number of nitriles is 1. The van der Waals surface area contributed by atoms with Crippen molar-refractivity contribution in [2.75, 3.05) is 18.2 Å². The van der Waals surface area contributed by atoms with E-state index < -0.39 is 5.92 Å². The molecule has 7 heteroatoms. The van der Waals surface area contributed by atoms with Crippen LogP contribution in [0.1, 0.15) is 23.5 Å². The molecule has 0 fully saturated rings. The fraction of sp³-hybridized carbons (Fsp3) is 0.227. The van der Waals surface area contributed by atoms with E-state index in [1.807, 2.05) is 49.4 Å². The van der Waals surface area contributed by atoms with Gasteiger partial charge in [-0.15, -0.1) is 0 Å². The first-order valence-corrected chi connectivity index (χ1v) is 10.1. The summed E-state index contributed by atoms with van der Waals surface area (Å²) in [5, 5.41) is 15.7. The van der Waals surface area contributed by atoms with E-state index in [4.69, 9.17) is 4.74 Å². The predicted octanol–water partition coefficient (Wildman–Crippen LogP) is 3.71. The Morgan fingerprint density at radius 1 is 1.31 bits per heavy atom. The summed E-state index contributed by atoms with van der Waals surface area (Å²) in [5.41, 5.74) is 2.97. The van der Waals surface area contributed by atoms with E-state index in [0.717, 1.165) is 22.9 Å². The van der Waals surface area contributed by atoms with Crippen LogP contribution in [-0.2, 0) is 9.59 Å². The molecule has 1 aliphatic rings. The van der Waals surface area contributed by atoms with E-state index >= 15 is 0 Å². The maximum atomic E-state index is 12.3. The van der Waals surface area contributed by atoms with Crippen LogP contribution in [-0.4, -0.2) is 24.7 Å². The third kappa shape index (κ3) is 4.98. The molecular formula is C22H21N3O3S. The molecule has 2 amide bonds. The number of aryl methyl sites for hydroxylation is 1. The van der Waals surface area contributed by atoms with Gasteiger partial charge in [0.15, 0.2) is 0 Å². The van der Waals surface area contributed by atoms with E-state index in [0.29, 0.717) is 22.0 Å². The Bertz CT molecular complexity index is 1010. The minimum atomic E-state index is -0.410. The van der Waals surface area contributed by atoms with Crippen molar-refractivity contribution in [1.82, 2.24) is 5.32 Å². The minimum Gasteiger partial charge on any atom is -0.496 e. The van der Waals surface area contributed by atoms with E-state index in [-0.39, 0.29) is 24.0 Å². The number of thioether (sulfide) groups is 1.